The highest BCUT2D eigenvalue weighted by Crippen LogP contribution is 2.18. The second-order valence-corrected chi connectivity index (χ2v) is 4.43. The minimum Gasteiger partial charge on any atom is -0.381 e. The molecule has 16 heavy (non-hydrogen) atoms. The Bertz CT molecular complexity index is 378. The molecule has 0 aliphatic carbocycles. The summed E-state index contributed by atoms with van der Waals surface area (Å²) in [6, 6.07) is 1.98. The summed E-state index contributed by atoms with van der Waals surface area (Å²) in [6.45, 7) is 3.39. The topological polar surface area (TPSA) is 44.1 Å². The molecule has 0 amide bonds. The number of ketones is 1. The van der Waals surface area contributed by atoms with Crippen LogP contribution >= 0.6 is 0 Å². The van der Waals surface area contributed by atoms with E-state index >= 15 is 0 Å². The van der Waals surface area contributed by atoms with Crippen molar-refractivity contribution < 1.29 is 9.53 Å². The predicted octanol–water partition coefficient (Wildman–Crippen LogP) is 1.27. The van der Waals surface area contributed by atoms with Crippen molar-refractivity contribution in [3.63, 3.8) is 0 Å². The van der Waals surface area contributed by atoms with Gasteiger partial charge in [0.2, 0.25) is 0 Å². The van der Waals surface area contributed by atoms with Crippen molar-refractivity contribution in [3.05, 3.63) is 17.5 Å². The third-order valence-electron chi connectivity index (χ3n) is 3.13. The van der Waals surface area contributed by atoms with Crippen molar-refractivity contribution in [3.8, 4) is 0 Å². The Hall–Kier alpha value is -1.16. The molecular weight excluding hydrogens is 204 g/mol. The van der Waals surface area contributed by atoms with Crippen molar-refractivity contribution in [2.24, 2.45) is 13.0 Å². The van der Waals surface area contributed by atoms with Crippen LogP contribution in [0.1, 0.15) is 24.2 Å². The Morgan fingerprint density at radius 3 is 2.81 bits per heavy atom. The van der Waals surface area contributed by atoms with Gasteiger partial charge >= 0.3 is 0 Å². The number of hydrogen-bond donors (Lipinski definition) is 0. The molecule has 1 aromatic heterocycles. The number of rotatable bonds is 3. The first-order valence-electron chi connectivity index (χ1n) is 5.77. The molecule has 0 saturated carbocycles. The van der Waals surface area contributed by atoms with E-state index in [1.807, 2.05) is 20.0 Å². The van der Waals surface area contributed by atoms with E-state index in [4.69, 9.17) is 4.74 Å². The molecule has 2 rings (SSSR count). The summed E-state index contributed by atoms with van der Waals surface area (Å²) < 4.78 is 7.06. The molecule has 0 spiro atoms. The lowest BCUT2D eigenvalue weighted by Gasteiger charge is -2.20. The van der Waals surface area contributed by atoms with Crippen LogP contribution in [0.5, 0.6) is 0 Å². The van der Waals surface area contributed by atoms with E-state index in [2.05, 4.69) is 5.10 Å². The summed E-state index contributed by atoms with van der Waals surface area (Å²) in [4.78, 5) is 12.0. The molecule has 1 aromatic rings. The van der Waals surface area contributed by atoms with Crippen LogP contribution in [0.2, 0.25) is 0 Å². The first kappa shape index (κ1) is 11.3. The third kappa shape index (κ3) is 2.50. The van der Waals surface area contributed by atoms with Gasteiger partial charge in [-0.05, 0) is 25.8 Å². The number of Topliss-reactive ketones (excluding diaryl/α,β-unsaturated/α-hetero) is 1. The first-order chi connectivity index (χ1) is 7.66. The van der Waals surface area contributed by atoms with E-state index in [9.17, 15) is 4.79 Å². The molecule has 88 valence electrons. The minimum absolute atomic E-state index is 0.184. The predicted molar refractivity (Wildman–Crippen MR) is 60.2 cm³/mol. The van der Waals surface area contributed by atoms with Gasteiger partial charge in [0.25, 0.3) is 0 Å². The van der Waals surface area contributed by atoms with Gasteiger partial charge in [-0.15, -0.1) is 0 Å². The maximum atomic E-state index is 12.0. The van der Waals surface area contributed by atoms with Crippen LogP contribution in [0.25, 0.3) is 0 Å². The van der Waals surface area contributed by atoms with E-state index in [0.717, 1.165) is 37.4 Å². The van der Waals surface area contributed by atoms with Crippen molar-refractivity contribution >= 4 is 5.78 Å². The number of carbonyl (C=O) groups is 1. The Kier molecular flexibility index (Phi) is 3.39. The summed E-state index contributed by atoms with van der Waals surface area (Å²) in [5.74, 6) is 0.509. The fourth-order valence-electron chi connectivity index (χ4n) is 2.17. The summed E-state index contributed by atoms with van der Waals surface area (Å²) in [6.07, 6.45) is 2.24. The molecule has 0 bridgehead atoms. The molecule has 4 heteroatoms. The molecule has 0 aromatic carbocycles. The van der Waals surface area contributed by atoms with Crippen molar-refractivity contribution in [2.45, 2.75) is 26.2 Å². The fourth-order valence-corrected chi connectivity index (χ4v) is 2.17. The van der Waals surface area contributed by atoms with Crippen LogP contribution in [0, 0.1) is 12.8 Å². The minimum atomic E-state index is 0.184. The van der Waals surface area contributed by atoms with Crippen LogP contribution in [-0.4, -0.2) is 28.8 Å². The monoisotopic (exact) mass is 222 g/mol. The number of carbonyl (C=O) groups excluding carboxylic acids is 1. The number of nitrogens with zero attached hydrogens (tertiary/aromatic N) is 2. The standard InChI is InChI=1S/C12H18N2O2/c1-9-7-11(14(2)13-9)8-12(15)10-3-5-16-6-4-10/h7,10H,3-6,8H2,1-2H3. The summed E-state index contributed by atoms with van der Waals surface area (Å²) >= 11 is 0. The number of aromatic nitrogens is 2. The second kappa shape index (κ2) is 4.78. The highest BCUT2D eigenvalue weighted by molar-refractivity contribution is 5.83. The van der Waals surface area contributed by atoms with Crippen LogP contribution in [-0.2, 0) is 23.0 Å². The zero-order valence-corrected chi connectivity index (χ0v) is 9.90. The quantitative estimate of drug-likeness (QED) is 0.773. The van der Waals surface area contributed by atoms with Gasteiger partial charge in [-0.1, -0.05) is 0 Å². The van der Waals surface area contributed by atoms with Gasteiger partial charge in [0.15, 0.2) is 0 Å². The molecule has 0 unspecified atom stereocenters. The Morgan fingerprint density at radius 2 is 2.25 bits per heavy atom. The Morgan fingerprint density at radius 1 is 1.56 bits per heavy atom. The number of hydrogen-bond acceptors (Lipinski definition) is 3. The molecule has 1 aliphatic heterocycles. The summed E-state index contributed by atoms with van der Waals surface area (Å²) in [7, 11) is 1.89. The number of ether oxygens (including phenoxy) is 1. The molecule has 2 heterocycles. The third-order valence-corrected chi connectivity index (χ3v) is 3.13. The molecule has 1 fully saturated rings. The average Bonchev–Trinajstić information content (AvgIpc) is 2.59. The maximum Gasteiger partial charge on any atom is 0.142 e. The van der Waals surface area contributed by atoms with Gasteiger partial charge in [0.05, 0.1) is 5.69 Å². The highest BCUT2D eigenvalue weighted by Gasteiger charge is 2.22. The second-order valence-electron chi connectivity index (χ2n) is 4.43. The Labute approximate surface area is 95.6 Å². The van der Waals surface area contributed by atoms with Gasteiger partial charge in [0.1, 0.15) is 5.78 Å². The largest absolute Gasteiger partial charge is 0.381 e. The lowest BCUT2D eigenvalue weighted by atomic mass is 9.93. The first-order valence-corrected chi connectivity index (χ1v) is 5.77. The van der Waals surface area contributed by atoms with E-state index in [1.54, 1.807) is 4.68 Å². The SMILES string of the molecule is Cc1cc(CC(=O)C2CCOCC2)n(C)n1. The zero-order valence-electron chi connectivity index (χ0n) is 9.90. The van der Waals surface area contributed by atoms with Crippen LogP contribution < -0.4 is 0 Å². The molecule has 0 N–H and O–H groups in total. The van der Waals surface area contributed by atoms with E-state index in [0.29, 0.717) is 12.2 Å². The van der Waals surface area contributed by atoms with Gasteiger partial charge in [-0.2, -0.15) is 5.10 Å². The molecular formula is C12H18N2O2. The van der Waals surface area contributed by atoms with Crippen LogP contribution in [0.15, 0.2) is 6.07 Å². The molecule has 0 radical (unpaired) electrons. The van der Waals surface area contributed by atoms with Crippen molar-refractivity contribution in [1.29, 1.82) is 0 Å². The molecule has 0 atom stereocenters. The van der Waals surface area contributed by atoms with E-state index < -0.39 is 0 Å². The highest BCUT2D eigenvalue weighted by atomic mass is 16.5. The van der Waals surface area contributed by atoms with Gasteiger partial charge in [0, 0.05) is 38.3 Å². The van der Waals surface area contributed by atoms with Gasteiger partial charge in [-0.25, -0.2) is 0 Å². The fraction of sp³-hybridized carbons (Fsp3) is 0.667. The number of aryl methyl sites for hydroxylation is 2. The average molecular weight is 222 g/mol. The van der Waals surface area contributed by atoms with Crippen LogP contribution in [0.3, 0.4) is 0 Å². The van der Waals surface area contributed by atoms with Crippen LogP contribution in [0.4, 0.5) is 0 Å². The smallest absolute Gasteiger partial charge is 0.142 e. The lowest BCUT2D eigenvalue weighted by molar-refractivity contribution is -0.125. The van der Waals surface area contributed by atoms with E-state index in [1.165, 1.54) is 0 Å². The lowest BCUT2D eigenvalue weighted by Crippen LogP contribution is -2.25. The Balaban J connectivity index is 1.98. The maximum absolute atomic E-state index is 12.0. The summed E-state index contributed by atoms with van der Waals surface area (Å²) in [5.41, 5.74) is 1.98. The molecule has 4 nitrogen and oxygen atoms in total. The normalized spacial score (nSPS) is 17.6. The van der Waals surface area contributed by atoms with Crippen molar-refractivity contribution in [2.75, 3.05) is 13.2 Å². The van der Waals surface area contributed by atoms with Gasteiger partial charge < -0.3 is 4.74 Å². The zero-order chi connectivity index (χ0) is 11.5. The molecule has 1 aliphatic rings. The summed E-state index contributed by atoms with van der Waals surface area (Å²) in [5, 5.41) is 4.25. The van der Waals surface area contributed by atoms with Crippen molar-refractivity contribution in [1.82, 2.24) is 9.78 Å². The van der Waals surface area contributed by atoms with Gasteiger partial charge in [-0.3, -0.25) is 9.48 Å². The molecule has 1 saturated heterocycles. The van der Waals surface area contributed by atoms with E-state index in [-0.39, 0.29) is 5.92 Å².